The molecule has 28 heavy (non-hydrogen) atoms. The van der Waals surface area contributed by atoms with Crippen LogP contribution in [0.2, 0.25) is 0 Å². The number of benzene rings is 1. The smallest absolute Gasteiger partial charge is 0.340 e. The summed E-state index contributed by atoms with van der Waals surface area (Å²) in [6.45, 7) is -1.53. The predicted molar refractivity (Wildman–Crippen MR) is 91.4 cm³/mol. The van der Waals surface area contributed by atoms with Crippen LogP contribution in [0, 0.1) is 10.1 Å². The highest BCUT2D eigenvalue weighted by molar-refractivity contribution is 6.01. The van der Waals surface area contributed by atoms with Crippen molar-refractivity contribution < 1.29 is 32.0 Å². The molecule has 0 saturated heterocycles. The fourth-order valence-electron chi connectivity index (χ4n) is 1.87. The molecular formula is C17H13F4N3O4. The Labute approximate surface area is 155 Å². The number of hydrogen-bond donors (Lipinski definition) is 1. The molecule has 11 heteroatoms. The quantitative estimate of drug-likeness (QED) is 0.314. The van der Waals surface area contributed by atoms with Crippen LogP contribution in [-0.4, -0.2) is 34.8 Å². The highest BCUT2D eigenvalue weighted by Crippen LogP contribution is 2.24. The van der Waals surface area contributed by atoms with E-state index in [0.717, 1.165) is 18.3 Å². The summed E-state index contributed by atoms with van der Waals surface area (Å²) < 4.78 is 54.1. The topological polar surface area (TPSA) is 94.4 Å². The molecule has 1 N–H and O–H groups in total. The molecule has 2 rings (SSSR count). The largest absolute Gasteiger partial charge is 0.471 e. The number of nitrogens with zero attached hydrogens (tertiary/aromatic N) is 2. The average molecular weight is 399 g/mol. The molecule has 0 spiro atoms. The number of non-ortho nitro benzene ring substituents is 1. The van der Waals surface area contributed by atoms with E-state index in [4.69, 9.17) is 0 Å². The van der Waals surface area contributed by atoms with Gasteiger partial charge in [-0.15, -0.1) is 0 Å². The Morgan fingerprint density at radius 1 is 1.32 bits per heavy atom. The first-order valence-corrected chi connectivity index (χ1v) is 7.66. The third-order valence-corrected chi connectivity index (χ3v) is 3.24. The number of hydrogen-bond acceptors (Lipinski definition) is 5. The van der Waals surface area contributed by atoms with E-state index in [1.807, 2.05) is 0 Å². The van der Waals surface area contributed by atoms with Crippen LogP contribution in [0.3, 0.4) is 0 Å². The Hall–Kier alpha value is -3.50. The van der Waals surface area contributed by atoms with Gasteiger partial charge in [0.1, 0.15) is 0 Å². The van der Waals surface area contributed by atoms with E-state index >= 15 is 0 Å². The van der Waals surface area contributed by atoms with Crippen molar-refractivity contribution >= 4 is 23.4 Å². The van der Waals surface area contributed by atoms with E-state index in [1.165, 1.54) is 30.3 Å². The minimum Gasteiger partial charge on any atom is -0.471 e. The first-order chi connectivity index (χ1) is 13.2. The molecule has 1 heterocycles. The number of ether oxygens (including phenoxy) is 1. The third-order valence-electron chi connectivity index (χ3n) is 3.24. The van der Waals surface area contributed by atoms with Gasteiger partial charge in [-0.05, 0) is 17.7 Å². The number of nitro groups is 1. The van der Waals surface area contributed by atoms with Gasteiger partial charge in [0.15, 0.2) is 6.61 Å². The second-order valence-corrected chi connectivity index (χ2v) is 5.41. The number of aromatic nitrogens is 1. The first kappa shape index (κ1) is 20.8. The zero-order valence-electron chi connectivity index (χ0n) is 14.0. The molecule has 1 aromatic heterocycles. The molecule has 0 fully saturated rings. The van der Waals surface area contributed by atoms with Crippen molar-refractivity contribution in [3.63, 3.8) is 0 Å². The van der Waals surface area contributed by atoms with Crippen LogP contribution < -0.4 is 10.1 Å². The number of alkyl halides is 4. The number of rotatable bonds is 8. The van der Waals surface area contributed by atoms with Crippen LogP contribution in [0.4, 0.5) is 28.9 Å². The fourth-order valence-corrected chi connectivity index (χ4v) is 1.87. The lowest BCUT2D eigenvalue weighted by molar-refractivity contribution is -0.384. The summed E-state index contributed by atoms with van der Waals surface area (Å²) in [5.41, 5.74) is 0.507. The molecule has 0 unspecified atom stereocenters. The Kier molecular flexibility index (Phi) is 6.64. The average Bonchev–Trinajstić information content (AvgIpc) is 2.66. The summed E-state index contributed by atoms with van der Waals surface area (Å²) in [4.78, 5) is 25.6. The summed E-state index contributed by atoms with van der Waals surface area (Å²) in [7, 11) is 0. The molecule has 0 saturated carbocycles. The molecule has 7 nitrogen and oxygen atoms in total. The van der Waals surface area contributed by atoms with Gasteiger partial charge in [0.05, 0.1) is 16.8 Å². The predicted octanol–water partition coefficient (Wildman–Crippen LogP) is 3.92. The van der Waals surface area contributed by atoms with Crippen molar-refractivity contribution in [2.45, 2.75) is 12.3 Å². The van der Waals surface area contributed by atoms with E-state index in [-0.39, 0.29) is 17.3 Å². The highest BCUT2D eigenvalue weighted by Gasteiger charge is 2.41. The van der Waals surface area contributed by atoms with Crippen LogP contribution in [0.25, 0.3) is 6.08 Å². The normalized spacial score (nSPS) is 11.6. The minimum atomic E-state index is -4.30. The van der Waals surface area contributed by atoms with Gasteiger partial charge < -0.3 is 10.1 Å². The molecule has 0 radical (unpaired) electrons. The number of carbonyl (C=O) groups is 1. The number of pyridine rings is 1. The summed E-state index contributed by atoms with van der Waals surface area (Å²) in [5, 5.41) is 13.1. The van der Waals surface area contributed by atoms with Crippen LogP contribution in [-0.2, 0) is 4.79 Å². The number of amides is 1. The number of halogens is 4. The number of nitro benzene ring substituents is 1. The van der Waals surface area contributed by atoms with E-state index in [2.05, 4.69) is 15.0 Å². The van der Waals surface area contributed by atoms with Gasteiger partial charge in [-0.3, -0.25) is 14.9 Å². The summed E-state index contributed by atoms with van der Waals surface area (Å²) >= 11 is 0. The molecule has 0 aliphatic carbocycles. The van der Waals surface area contributed by atoms with Crippen molar-refractivity contribution in [1.29, 1.82) is 0 Å². The molecule has 0 aliphatic rings. The SMILES string of the molecule is O=C(/C=C/c1cccc([N+](=O)[O-])c1)Nc1ccc(OCC(F)(F)C(F)F)nc1. The maximum Gasteiger partial charge on any atom is 0.340 e. The van der Waals surface area contributed by atoms with Gasteiger partial charge in [0, 0.05) is 24.3 Å². The molecule has 1 amide bonds. The molecule has 1 aromatic carbocycles. The Balaban J connectivity index is 1.92. The summed E-state index contributed by atoms with van der Waals surface area (Å²) in [6, 6.07) is 8.04. The molecule has 2 aromatic rings. The summed E-state index contributed by atoms with van der Waals surface area (Å²) in [5.74, 6) is -5.19. The minimum absolute atomic E-state index is 0.125. The van der Waals surface area contributed by atoms with Crippen molar-refractivity contribution in [2.24, 2.45) is 0 Å². The van der Waals surface area contributed by atoms with Crippen molar-refractivity contribution in [3.05, 3.63) is 64.3 Å². The van der Waals surface area contributed by atoms with E-state index in [9.17, 15) is 32.5 Å². The second kappa shape index (κ2) is 8.93. The fraction of sp³-hybridized carbons (Fsp3) is 0.176. The zero-order valence-corrected chi connectivity index (χ0v) is 14.0. The lowest BCUT2D eigenvalue weighted by Crippen LogP contribution is -2.33. The van der Waals surface area contributed by atoms with Crippen molar-refractivity contribution in [1.82, 2.24) is 4.98 Å². The Morgan fingerprint density at radius 3 is 2.68 bits per heavy atom. The molecule has 0 bridgehead atoms. The molecular weight excluding hydrogens is 386 g/mol. The van der Waals surface area contributed by atoms with E-state index in [1.54, 1.807) is 6.07 Å². The van der Waals surface area contributed by atoms with Gasteiger partial charge in [0.2, 0.25) is 11.8 Å². The third kappa shape index (κ3) is 6.04. The second-order valence-electron chi connectivity index (χ2n) is 5.41. The van der Waals surface area contributed by atoms with Crippen molar-refractivity contribution in [2.75, 3.05) is 11.9 Å². The first-order valence-electron chi connectivity index (χ1n) is 7.66. The summed E-state index contributed by atoms with van der Waals surface area (Å²) in [6.07, 6.45) is -0.273. The maximum absolute atomic E-state index is 12.8. The monoisotopic (exact) mass is 399 g/mol. The molecule has 0 atom stereocenters. The van der Waals surface area contributed by atoms with Gasteiger partial charge in [-0.2, -0.15) is 8.78 Å². The number of anilines is 1. The Bertz CT molecular complexity index is 873. The standard InChI is InChI=1S/C17H13F4N3O4/c18-16(19)17(20,21)10-28-15-7-5-12(9-22-15)23-14(25)6-4-11-2-1-3-13(8-11)24(26)27/h1-9,16H,10H2,(H,23,25)/b6-4+. The van der Waals surface area contributed by atoms with Gasteiger partial charge in [0.25, 0.3) is 5.69 Å². The lowest BCUT2D eigenvalue weighted by Gasteiger charge is -2.15. The number of nitrogens with one attached hydrogen (secondary N) is 1. The number of carbonyl (C=O) groups excluding carboxylic acids is 1. The maximum atomic E-state index is 12.8. The van der Waals surface area contributed by atoms with E-state index < -0.39 is 29.8 Å². The van der Waals surface area contributed by atoms with Gasteiger partial charge in [-0.25, -0.2) is 13.8 Å². The lowest BCUT2D eigenvalue weighted by atomic mass is 10.2. The van der Waals surface area contributed by atoms with Crippen LogP contribution >= 0.6 is 0 Å². The highest BCUT2D eigenvalue weighted by atomic mass is 19.3. The van der Waals surface area contributed by atoms with Crippen molar-refractivity contribution in [3.8, 4) is 5.88 Å². The van der Waals surface area contributed by atoms with Crippen LogP contribution in [0.15, 0.2) is 48.7 Å². The van der Waals surface area contributed by atoms with Gasteiger partial charge >= 0.3 is 12.3 Å². The molecule has 0 aliphatic heterocycles. The van der Waals surface area contributed by atoms with Gasteiger partial charge in [-0.1, -0.05) is 12.1 Å². The van der Waals surface area contributed by atoms with Crippen LogP contribution in [0.5, 0.6) is 5.88 Å². The Morgan fingerprint density at radius 2 is 2.07 bits per heavy atom. The van der Waals surface area contributed by atoms with E-state index in [0.29, 0.717) is 5.56 Å². The van der Waals surface area contributed by atoms with Crippen LogP contribution in [0.1, 0.15) is 5.56 Å². The zero-order chi connectivity index (χ0) is 20.7. The molecule has 148 valence electrons.